The molecule has 2 aromatic carbocycles. The van der Waals surface area contributed by atoms with Gasteiger partial charge in [0.15, 0.2) is 6.29 Å². The van der Waals surface area contributed by atoms with Crippen LogP contribution in [-0.2, 0) is 6.61 Å². The lowest BCUT2D eigenvalue weighted by atomic mass is 10.1. The van der Waals surface area contributed by atoms with E-state index in [1.165, 1.54) is 42.7 Å². The lowest BCUT2D eigenvalue weighted by Gasteiger charge is -2.25. The summed E-state index contributed by atoms with van der Waals surface area (Å²) in [6, 6.07) is 20.6. The van der Waals surface area contributed by atoms with Gasteiger partial charge in [-0.1, -0.05) is 57.0 Å². The van der Waals surface area contributed by atoms with Crippen LogP contribution in [0.5, 0.6) is 5.75 Å². The molecule has 4 heteroatoms. The molecule has 0 aliphatic carbocycles. The quantitative estimate of drug-likeness (QED) is 0.251. The lowest BCUT2D eigenvalue weighted by molar-refractivity contribution is 0.112. The Kier molecular flexibility index (Phi) is 9.58. The van der Waals surface area contributed by atoms with Crippen LogP contribution in [0.3, 0.4) is 0 Å². The Morgan fingerprint density at radius 3 is 2.25 bits per heavy atom. The fourth-order valence-corrected chi connectivity index (χ4v) is 4.21. The van der Waals surface area contributed by atoms with E-state index in [1.54, 1.807) is 0 Å². The Labute approximate surface area is 196 Å². The number of benzene rings is 2. The van der Waals surface area contributed by atoms with Gasteiger partial charge in [0.05, 0.1) is 4.88 Å². The van der Waals surface area contributed by atoms with Crippen LogP contribution in [0.25, 0.3) is 12.2 Å². The average molecular weight is 448 g/mol. The number of hydrogen-bond donors (Lipinski definition) is 0. The molecule has 32 heavy (non-hydrogen) atoms. The summed E-state index contributed by atoms with van der Waals surface area (Å²) in [5, 5.41) is 0. The van der Waals surface area contributed by atoms with Crippen molar-refractivity contribution in [2.45, 2.75) is 46.1 Å². The molecule has 0 spiro atoms. The lowest BCUT2D eigenvalue weighted by Crippen LogP contribution is -2.25. The van der Waals surface area contributed by atoms with Gasteiger partial charge in [-0.05, 0) is 54.8 Å². The van der Waals surface area contributed by atoms with Gasteiger partial charge in [0.25, 0.3) is 0 Å². The Morgan fingerprint density at radius 2 is 1.59 bits per heavy atom. The summed E-state index contributed by atoms with van der Waals surface area (Å²) in [6.07, 6.45) is 9.76. The second-order valence-corrected chi connectivity index (χ2v) is 9.03. The van der Waals surface area contributed by atoms with Crippen LogP contribution in [0.2, 0.25) is 0 Å². The fourth-order valence-electron chi connectivity index (χ4n) is 3.48. The van der Waals surface area contributed by atoms with Crippen molar-refractivity contribution in [2.75, 3.05) is 18.0 Å². The van der Waals surface area contributed by atoms with E-state index in [0.29, 0.717) is 6.61 Å². The average Bonchev–Trinajstić information content (AvgIpc) is 3.30. The summed E-state index contributed by atoms with van der Waals surface area (Å²) in [6.45, 7) is 7.13. The molecule has 0 radical (unpaired) electrons. The predicted octanol–water partition coefficient (Wildman–Crippen LogP) is 7.72. The predicted molar refractivity (Wildman–Crippen MR) is 138 cm³/mol. The summed E-state index contributed by atoms with van der Waals surface area (Å²) < 4.78 is 6.31. The Bertz CT molecular complexity index is 986. The Balaban J connectivity index is 1.86. The van der Waals surface area contributed by atoms with Crippen LogP contribution in [0.4, 0.5) is 5.69 Å². The molecule has 3 aromatic rings. The molecule has 3 rings (SSSR count). The van der Waals surface area contributed by atoms with Crippen molar-refractivity contribution in [2.24, 2.45) is 0 Å². The fraction of sp³-hybridized carbons (Fsp3) is 0.321. The third kappa shape index (κ3) is 7.10. The van der Waals surface area contributed by atoms with Crippen molar-refractivity contribution >= 4 is 35.5 Å². The second-order valence-electron chi connectivity index (χ2n) is 7.88. The van der Waals surface area contributed by atoms with Crippen LogP contribution in [-0.4, -0.2) is 19.4 Å². The van der Waals surface area contributed by atoms with Gasteiger partial charge >= 0.3 is 0 Å². The highest BCUT2D eigenvalue weighted by Crippen LogP contribution is 2.29. The van der Waals surface area contributed by atoms with Crippen LogP contribution < -0.4 is 9.64 Å². The molecule has 0 N–H and O–H groups in total. The van der Waals surface area contributed by atoms with Crippen LogP contribution in [0.1, 0.15) is 65.2 Å². The van der Waals surface area contributed by atoms with Crippen LogP contribution >= 0.6 is 11.3 Å². The van der Waals surface area contributed by atoms with E-state index >= 15 is 0 Å². The first-order valence-electron chi connectivity index (χ1n) is 11.5. The zero-order chi connectivity index (χ0) is 22.6. The minimum absolute atomic E-state index is 0.531. The number of rotatable bonds is 13. The van der Waals surface area contributed by atoms with E-state index in [1.807, 2.05) is 36.4 Å². The highest BCUT2D eigenvalue weighted by atomic mass is 32.1. The van der Waals surface area contributed by atoms with Gasteiger partial charge in [-0.15, -0.1) is 11.3 Å². The molecule has 0 bridgehead atoms. The zero-order valence-electron chi connectivity index (χ0n) is 19.1. The van der Waals surface area contributed by atoms with E-state index < -0.39 is 0 Å². The van der Waals surface area contributed by atoms with E-state index in [2.05, 4.69) is 55.2 Å². The number of carbonyl (C=O) groups is 1. The standard InChI is InChI=1S/C28H33NO2S/c1-3-5-18-29(19-6-4-2)25-14-12-24(13-15-26-16-17-27(21-30)32-26)28(20-25)31-22-23-10-8-7-9-11-23/h7-17,20-21H,3-6,18-19,22H2,1-2H3/b15-13+. The Morgan fingerprint density at radius 1 is 0.875 bits per heavy atom. The summed E-state index contributed by atoms with van der Waals surface area (Å²) in [5.41, 5.74) is 3.40. The van der Waals surface area contributed by atoms with E-state index in [4.69, 9.17) is 4.74 Å². The number of unbranched alkanes of at least 4 members (excludes halogenated alkanes) is 2. The third-order valence-electron chi connectivity index (χ3n) is 5.35. The molecule has 0 amide bonds. The number of ether oxygens (including phenoxy) is 1. The first-order valence-corrected chi connectivity index (χ1v) is 12.3. The summed E-state index contributed by atoms with van der Waals surface area (Å²) in [4.78, 5) is 15.3. The van der Waals surface area contributed by atoms with Gasteiger partial charge in [0.2, 0.25) is 0 Å². The highest BCUT2D eigenvalue weighted by molar-refractivity contribution is 7.14. The smallest absolute Gasteiger partial charge is 0.160 e. The normalized spacial score (nSPS) is 11.1. The van der Waals surface area contributed by atoms with Gasteiger partial charge in [-0.3, -0.25) is 4.79 Å². The molecule has 0 saturated heterocycles. The number of aldehydes is 1. The van der Waals surface area contributed by atoms with Crippen molar-refractivity contribution in [3.63, 3.8) is 0 Å². The molecular formula is C28H33NO2S. The molecule has 0 aliphatic heterocycles. The van der Waals surface area contributed by atoms with Gasteiger partial charge in [-0.2, -0.15) is 0 Å². The van der Waals surface area contributed by atoms with Crippen molar-refractivity contribution in [1.82, 2.24) is 0 Å². The monoisotopic (exact) mass is 447 g/mol. The maximum absolute atomic E-state index is 11.0. The zero-order valence-corrected chi connectivity index (χ0v) is 19.9. The minimum Gasteiger partial charge on any atom is -0.488 e. The highest BCUT2D eigenvalue weighted by Gasteiger charge is 2.10. The van der Waals surface area contributed by atoms with E-state index in [-0.39, 0.29) is 0 Å². The largest absolute Gasteiger partial charge is 0.488 e. The van der Waals surface area contributed by atoms with Gasteiger partial charge < -0.3 is 9.64 Å². The number of thiophene rings is 1. The molecule has 0 fully saturated rings. The molecule has 1 aromatic heterocycles. The molecule has 1 heterocycles. The van der Waals surface area contributed by atoms with Crippen molar-refractivity contribution < 1.29 is 9.53 Å². The second kappa shape index (κ2) is 12.9. The first kappa shape index (κ1) is 23.8. The summed E-state index contributed by atoms with van der Waals surface area (Å²) in [5.74, 6) is 0.882. The number of carbonyl (C=O) groups excluding carboxylic acids is 1. The SMILES string of the molecule is CCCCN(CCCC)c1ccc(/C=C/c2ccc(C=O)s2)c(OCc2ccccc2)c1. The first-order chi connectivity index (χ1) is 15.7. The number of anilines is 1. The minimum atomic E-state index is 0.531. The summed E-state index contributed by atoms with van der Waals surface area (Å²) in [7, 11) is 0. The van der Waals surface area contributed by atoms with Gasteiger partial charge in [0.1, 0.15) is 12.4 Å². The molecule has 0 unspecified atom stereocenters. The van der Waals surface area contributed by atoms with Crippen molar-refractivity contribution in [1.29, 1.82) is 0 Å². The van der Waals surface area contributed by atoms with E-state index in [9.17, 15) is 4.79 Å². The maximum atomic E-state index is 11.0. The molecule has 0 saturated carbocycles. The molecular weight excluding hydrogens is 414 g/mol. The van der Waals surface area contributed by atoms with Crippen molar-refractivity contribution in [3.05, 3.63) is 81.5 Å². The van der Waals surface area contributed by atoms with Gasteiger partial charge in [-0.25, -0.2) is 0 Å². The number of hydrogen-bond acceptors (Lipinski definition) is 4. The van der Waals surface area contributed by atoms with Crippen LogP contribution in [0.15, 0.2) is 60.7 Å². The van der Waals surface area contributed by atoms with Crippen LogP contribution in [0, 0.1) is 0 Å². The topological polar surface area (TPSA) is 29.5 Å². The molecule has 168 valence electrons. The molecule has 0 aliphatic rings. The molecule has 0 atom stereocenters. The van der Waals surface area contributed by atoms with Crippen molar-refractivity contribution in [3.8, 4) is 5.75 Å². The van der Waals surface area contributed by atoms with E-state index in [0.717, 1.165) is 46.0 Å². The molecule has 3 nitrogen and oxygen atoms in total. The maximum Gasteiger partial charge on any atom is 0.160 e. The third-order valence-corrected chi connectivity index (χ3v) is 6.33. The summed E-state index contributed by atoms with van der Waals surface area (Å²) >= 11 is 1.49. The Hall–Kier alpha value is -2.85. The number of nitrogens with zero attached hydrogens (tertiary/aromatic N) is 1. The van der Waals surface area contributed by atoms with Gasteiger partial charge in [0, 0.05) is 35.3 Å².